The summed E-state index contributed by atoms with van der Waals surface area (Å²) in [4.78, 5) is 17.8. The minimum atomic E-state index is -0.230. The van der Waals surface area contributed by atoms with Gasteiger partial charge in [0.05, 0.1) is 5.92 Å². The van der Waals surface area contributed by atoms with E-state index in [1.807, 2.05) is 41.3 Å². The second-order valence-corrected chi connectivity index (χ2v) is 7.25. The number of carbonyl (C=O) groups is 1. The number of hydrogen-bond donors (Lipinski definition) is 0. The molecule has 1 fully saturated rings. The topological polar surface area (TPSA) is 23.6 Å². The lowest BCUT2D eigenvalue weighted by molar-refractivity contribution is -0.136. The molecule has 1 aliphatic rings. The fraction of sp³-hybridized carbons (Fsp3) is 0.381. The van der Waals surface area contributed by atoms with Gasteiger partial charge in [-0.25, -0.2) is 0 Å². The van der Waals surface area contributed by atoms with E-state index < -0.39 is 0 Å². The van der Waals surface area contributed by atoms with Crippen LogP contribution >= 0.6 is 0 Å². The highest BCUT2D eigenvalue weighted by atomic mass is 16.2. The number of likely N-dealkylation sites (N-methyl/N-ethyl adjacent to an activating group) is 1. The fourth-order valence-corrected chi connectivity index (χ4v) is 3.38. The van der Waals surface area contributed by atoms with E-state index in [1.54, 1.807) is 0 Å². The van der Waals surface area contributed by atoms with E-state index in [0.717, 1.165) is 30.8 Å². The Labute approximate surface area is 144 Å². The molecule has 2 aromatic carbocycles. The molecule has 1 amide bonds. The van der Waals surface area contributed by atoms with Crippen molar-refractivity contribution in [2.24, 2.45) is 0 Å². The summed E-state index contributed by atoms with van der Waals surface area (Å²) in [6.07, 6.45) is 0. The number of nitrogens with zero attached hydrogens (tertiary/aromatic N) is 2. The van der Waals surface area contributed by atoms with Gasteiger partial charge in [0.15, 0.2) is 0 Å². The monoisotopic (exact) mass is 322 g/mol. The molecule has 126 valence electrons. The van der Waals surface area contributed by atoms with E-state index in [4.69, 9.17) is 0 Å². The lowest BCUT2D eigenvalue weighted by Crippen LogP contribution is -2.59. The van der Waals surface area contributed by atoms with E-state index in [-0.39, 0.29) is 17.4 Å². The van der Waals surface area contributed by atoms with Gasteiger partial charge in [-0.3, -0.25) is 9.69 Å². The third-order valence-corrected chi connectivity index (χ3v) is 5.14. The van der Waals surface area contributed by atoms with Crippen LogP contribution in [-0.2, 0) is 4.79 Å². The zero-order valence-corrected chi connectivity index (χ0v) is 14.8. The van der Waals surface area contributed by atoms with Gasteiger partial charge in [0.2, 0.25) is 5.91 Å². The summed E-state index contributed by atoms with van der Waals surface area (Å²) in [6, 6.07) is 20.2. The maximum atomic E-state index is 13.4. The molecule has 2 aromatic rings. The maximum absolute atomic E-state index is 13.4. The van der Waals surface area contributed by atoms with Crippen LogP contribution in [0.15, 0.2) is 60.7 Å². The summed E-state index contributed by atoms with van der Waals surface area (Å²) in [5.74, 6) is -0.0276. The third kappa shape index (κ3) is 3.36. The highest BCUT2D eigenvalue weighted by Crippen LogP contribution is 2.29. The summed E-state index contributed by atoms with van der Waals surface area (Å²) >= 11 is 0. The van der Waals surface area contributed by atoms with Crippen LogP contribution in [0, 0.1) is 0 Å². The maximum Gasteiger partial charge on any atom is 0.234 e. The van der Waals surface area contributed by atoms with Gasteiger partial charge in [0.1, 0.15) is 0 Å². The van der Waals surface area contributed by atoms with Crippen molar-refractivity contribution in [2.45, 2.75) is 25.3 Å². The Kier molecular flexibility index (Phi) is 4.72. The van der Waals surface area contributed by atoms with Crippen molar-refractivity contribution in [3.63, 3.8) is 0 Å². The molecular weight excluding hydrogens is 296 g/mol. The predicted octanol–water partition coefficient (Wildman–Crippen LogP) is 3.37. The minimum Gasteiger partial charge on any atom is -0.339 e. The van der Waals surface area contributed by atoms with Crippen LogP contribution in [0.2, 0.25) is 0 Å². The highest BCUT2D eigenvalue weighted by Gasteiger charge is 2.36. The Morgan fingerprint density at radius 3 is 1.88 bits per heavy atom. The summed E-state index contributed by atoms with van der Waals surface area (Å²) < 4.78 is 0. The Balaban J connectivity index is 1.93. The first-order chi connectivity index (χ1) is 11.5. The lowest BCUT2D eigenvalue weighted by Gasteiger charge is -2.46. The lowest BCUT2D eigenvalue weighted by atomic mass is 9.89. The van der Waals surface area contributed by atoms with Gasteiger partial charge in [-0.15, -0.1) is 0 Å². The molecule has 0 bridgehead atoms. The molecule has 1 saturated heterocycles. The summed E-state index contributed by atoms with van der Waals surface area (Å²) in [7, 11) is 2.13. The van der Waals surface area contributed by atoms with E-state index in [1.165, 1.54) is 0 Å². The van der Waals surface area contributed by atoms with Crippen LogP contribution < -0.4 is 0 Å². The number of carbonyl (C=O) groups excluding carboxylic acids is 1. The molecule has 0 radical (unpaired) electrons. The normalized spacial score (nSPS) is 17.9. The molecule has 3 nitrogen and oxygen atoms in total. The van der Waals surface area contributed by atoms with E-state index >= 15 is 0 Å². The first-order valence-electron chi connectivity index (χ1n) is 8.59. The molecule has 0 aliphatic carbocycles. The van der Waals surface area contributed by atoms with E-state index in [0.29, 0.717) is 0 Å². The molecule has 0 N–H and O–H groups in total. The molecule has 0 unspecified atom stereocenters. The van der Waals surface area contributed by atoms with Gasteiger partial charge >= 0.3 is 0 Å². The summed E-state index contributed by atoms with van der Waals surface area (Å²) in [5, 5.41) is 0. The van der Waals surface area contributed by atoms with Gasteiger partial charge in [-0.1, -0.05) is 60.7 Å². The van der Waals surface area contributed by atoms with Crippen LogP contribution in [0.5, 0.6) is 0 Å². The Morgan fingerprint density at radius 1 is 0.917 bits per heavy atom. The van der Waals surface area contributed by atoms with Crippen molar-refractivity contribution in [3.8, 4) is 0 Å². The van der Waals surface area contributed by atoms with Gasteiger partial charge in [0, 0.05) is 25.2 Å². The molecule has 0 saturated carbocycles. The average Bonchev–Trinajstić information content (AvgIpc) is 2.59. The number of amides is 1. The zero-order chi connectivity index (χ0) is 17.2. The van der Waals surface area contributed by atoms with Crippen molar-refractivity contribution in [3.05, 3.63) is 71.8 Å². The van der Waals surface area contributed by atoms with E-state index in [2.05, 4.69) is 50.1 Å². The largest absolute Gasteiger partial charge is 0.339 e. The SMILES string of the molecule is CN1CCN(C(=O)C(c2ccccc2)c2ccccc2)CC1(C)C. The van der Waals surface area contributed by atoms with Crippen molar-refractivity contribution in [1.29, 1.82) is 0 Å². The van der Waals surface area contributed by atoms with Crippen LogP contribution in [0.3, 0.4) is 0 Å². The first kappa shape index (κ1) is 16.7. The molecule has 0 aromatic heterocycles. The smallest absolute Gasteiger partial charge is 0.234 e. The van der Waals surface area contributed by atoms with Crippen LogP contribution in [0.4, 0.5) is 0 Å². The third-order valence-electron chi connectivity index (χ3n) is 5.14. The van der Waals surface area contributed by atoms with Crippen LogP contribution in [0.1, 0.15) is 30.9 Å². The number of benzene rings is 2. The van der Waals surface area contributed by atoms with Crippen molar-refractivity contribution < 1.29 is 4.79 Å². The van der Waals surface area contributed by atoms with E-state index in [9.17, 15) is 4.79 Å². The standard InChI is InChI=1S/C21H26N2O/c1-21(2)16-23(15-14-22(21)3)20(24)19(17-10-6-4-7-11-17)18-12-8-5-9-13-18/h4-13,19H,14-16H2,1-3H3. The highest BCUT2D eigenvalue weighted by molar-refractivity contribution is 5.87. The van der Waals surface area contributed by atoms with Crippen LogP contribution in [-0.4, -0.2) is 47.9 Å². The average molecular weight is 322 g/mol. The Morgan fingerprint density at radius 2 is 1.42 bits per heavy atom. The zero-order valence-electron chi connectivity index (χ0n) is 14.8. The Hall–Kier alpha value is -2.13. The van der Waals surface area contributed by atoms with Crippen LogP contribution in [0.25, 0.3) is 0 Å². The number of hydrogen-bond acceptors (Lipinski definition) is 2. The van der Waals surface area contributed by atoms with Crippen molar-refractivity contribution >= 4 is 5.91 Å². The molecule has 1 aliphatic heterocycles. The number of rotatable bonds is 3. The first-order valence-corrected chi connectivity index (χ1v) is 8.59. The molecule has 0 atom stereocenters. The second kappa shape index (κ2) is 6.78. The molecule has 0 spiro atoms. The Bertz CT molecular complexity index is 642. The van der Waals surface area contributed by atoms with Crippen molar-refractivity contribution in [2.75, 3.05) is 26.7 Å². The molecule has 24 heavy (non-hydrogen) atoms. The minimum absolute atomic E-state index is 0.00579. The summed E-state index contributed by atoms with van der Waals surface area (Å²) in [6.45, 7) is 6.86. The molecule has 3 rings (SSSR count). The quantitative estimate of drug-likeness (QED) is 0.865. The fourth-order valence-electron chi connectivity index (χ4n) is 3.38. The van der Waals surface area contributed by atoms with Gasteiger partial charge in [0.25, 0.3) is 0 Å². The van der Waals surface area contributed by atoms with Gasteiger partial charge in [-0.2, -0.15) is 0 Å². The molecule has 1 heterocycles. The molecular formula is C21H26N2O. The predicted molar refractivity (Wildman–Crippen MR) is 98.0 cm³/mol. The second-order valence-electron chi connectivity index (χ2n) is 7.25. The van der Waals surface area contributed by atoms with Gasteiger partial charge < -0.3 is 4.90 Å². The molecule has 3 heteroatoms. The van der Waals surface area contributed by atoms with Crippen molar-refractivity contribution in [1.82, 2.24) is 9.80 Å². The number of piperazine rings is 1. The summed E-state index contributed by atoms with van der Waals surface area (Å²) in [5.41, 5.74) is 2.13. The van der Waals surface area contributed by atoms with Gasteiger partial charge in [-0.05, 0) is 32.0 Å².